The molecule has 0 aliphatic carbocycles. The van der Waals surface area contributed by atoms with Crippen LogP contribution in [-0.4, -0.2) is 45.4 Å². The molecule has 3 aromatic rings. The van der Waals surface area contributed by atoms with Crippen LogP contribution >= 0.6 is 0 Å². The molecule has 3 aromatic heterocycles. The molecule has 0 atom stereocenters. The quantitative estimate of drug-likeness (QED) is 0.806. The van der Waals surface area contributed by atoms with Crippen molar-refractivity contribution in [2.24, 2.45) is 0 Å². The summed E-state index contributed by atoms with van der Waals surface area (Å²) < 4.78 is 2.21. The molecule has 1 N–H and O–H groups in total. The van der Waals surface area contributed by atoms with Gasteiger partial charge in [-0.2, -0.15) is 0 Å². The van der Waals surface area contributed by atoms with Crippen LogP contribution in [0.5, 0.6) is 0 Å². The van der Waals surface area contributed by atoms with Gasteiger partial charge in [-0.3, -0.25) is 9.88 Å². The van der Waals surface area contributed by atoms with E-state index in [-0.39, 0.29) is 0 Å². The molecule has 1 aliphatic heterocycles. The van der Waals surface area contributed by atoms with Crippen LogP contribution in [0.15, 0.2) is 48.9 Å². The Hall–Kier alpha value is -2.24. The zero-order chi connectivity index (χ0) is 15.5. The minimum Gasteiger partial charge on any atom is -0.315 e. The largest absolute Gasteiger partial charge is 0.315 e. The highest BCUT2D eigenvalue weighted by molar-refractivity contribution is 5.65. The molecule has 0 bridgehead atoms. The van der Waals surface area contributed by atoms with Gasteiger partial charge in [0.1, 0.15) is 5.65 Å². The summed E-state index contributed by atoms with van der Waals surface area (Å²) in [7, 11) is 0. The maximum absolute atomic E-state index is 4.85. The lowest BCUT2D eigenvalue weighted by atomic mass is 10.1. The molecule has 0 radical (unpaired) electrons. The fourth-order valence-electron chi connectivity index (χ4n) is 3.20. The van der Waals surface area contributed by atoms with Crippen LogP contribution in [0.25, 0.3) is 16.9 Å². The average molecular weight is 307 g/mol. The standard InChI is InChI=1S/C18H21N5/c1-2-11-23-16(14-22-10-4-8-19-9-12-22)18(21-17(23)6-1)15-5-3-7-20-13-15/h1-3,5-7,11,13,19H,4,8-10,12,14H2. The first-order valence-electron chi connectivity index (χ1n) is 8.21. The monoisotopic (exact) mass is 307 g/mol. The van der Waals surface area contributed by atoms with Gasteiger partial charge in [-0.15, -0.1) is 0 Å². The molecule has 0 saturated carbocycles. The van der Waals surface area contributed by atoms with Gasteiger partial charge in [-0.1, -0.05) is 6.07 Å². The van der Waals surface area contributed by atoms with Crippen LogP contribution in [0.3, 0.4) is 0 Å². The van der Waals surface area contributed by atoms with Gasteiger partial charge in [0, 0.05) is 43.8 Å². The minimum absolute atomic E-state index is 0.914. The van der Waals surface area contributed by atoms with Crippen molar-refractivity contribution in [2.75, 3.05) is 26.2 Å². The number of nitrogens with zero attached hydrogens (tertiary/aromatic N) is 4. The molecule has 1 fully saturated rings. The van der Waals surface area contributed by atoms with Crippen LogP contribution < -0.4 is 5.32 Å². The van der Waals surface area contributed by atoms with Crippen molar-refractivity contribution in [2.45, 2.75) is 13.0 Å². The lowest BCUT2D eigenvalue weighted by Gasteiger charge is -2.20. The fraction of sp³-hybridized carbons (Fsp3) is 0.333. The third-order valence-electron chi connectivity index (χ3n) is 4.37. The maximum Gasteiger partial charge on any atom is 0.137 e. The Morgan fingerprint density at radius 1 is 1.09 bits per heavy atom. The summed E-state index contributed by atoms with van der Waals surface area (Å²) in [5, 5.41) is 3.47. The Labute approximate surface area is 136 Å². The van der Waals surface area contributed by atoms with Gasteiger partial charge in [0.25, 0.3) is 0 Å². The third-order valence-corrected chi connectivity index (χ3v) is 4.37. The van der Waals surface area contributed by atoms with Gasteiger partial charge in [0.05, 0.1) is 11.4 Å². The molecule has 4 rings (SSSR count). The van der Waals surface area contributed by atoms with E-state index < -0.39 is 0 Å². The van der Waals surface area contributed by atoms with Gasteiger partial charge in [0.15, 0.2) is 0 Å². The number of pyridine rings is 2. The molecular weight excluding hydrogens is 286 g/mol. The smallest absolute Gasteiger partial charge is 0.137 e. The maximum atomic E-state index is 4.85. The number of nitrogens with one attached hydrogen (secondary N) is 1. The van der Waals surface area contributed by atoms with Crippen molar-refractivity contribution >= 4 is 5.65 Å². The highest BCUT2D eigenvalue weighted by Crippen LogP contribution is 2.25. The van der Waals surface area contributed by atoms with Crippen molar-refractivity contribution in [3.63, 3.8) is 0 Å². The van der Waals surface area contributed by atoms with E-state index in [4.69, 9.17) is 4.98 Å². The van der Waals surface area contributed by atoms with Crippen LogP contribution in [-0.2, 0) is 6.54 Å². The van der Waals surface area contributed by atoms with E-state index in [0.717, 1.165) is 49.6 Å². The van der Waals surface area contributed by atoms with Crippen LogP contribution in [0.4, 0.5) is 0 Å². The van der Waals surface area contributed by atoms with Gasteiger partial charge < -0.3 is 9.72 Å². The van der Waals surface area contributed by atoms with Crippen LogP contribution in [0, 0.1) is 0 Å². The second-order valence-electron chi connectivity index (χ2n) is 5.96. The van der Waals surface area contributed by atoms with Crippen molar-refractivity contribution in [3.05, 3.63) is 54.6 Å². The SMILES string of the molecule is c1cncc(-c2nc3ccccn3c2CN2CCCNCC2)c1. The van der Waals surface area contributed by atoms with Crippen LogP contribution in [0.2, 0.25) is 0 Å². The Morgan fingerprint density at radius 3 is 3.00 bits per heavy atom. The number of hydrogen-bond acceptors (Lipinski definition) is 4. The molecule has 5 heteroatoms. The van der Waals surface area contributed by atoms with Crippen molar-refractivity contribution in [3.8, 4) is 11.3 Å². The Bertz CT molecular complexity index is 772. The van der Waals surface area contributed by atoms with E-state index in [1.165, 1.54) is 12.1 Å². The molecule has 0 spiro atoms. The third kappa shape index (κ3) is 2.98. The summed E-state index contributed by atoms with van der Waals surface area (Å²) in [4.78, 5) is 11.6. The van der Waals surface area contributed by atoms with Crippen molar-refractivity contribution < 1.29 is 0 Å². The first kappa shape index (κ1) is 14.4. The number of rotatable bonds is 3. The molecule has 118 valence electrons. The minimum atomic E-state index is 0.914. The Balaban J connectivity index is 1.76. The lowest BCUT2D eigenvalue weighted by molar-refractivity contribution is 0.281. The molecule has 1 saturated heterocycles. The number of imidazole rings is 1. The predicted octanol–water partition coefficient (Wildman–Crippen LogP) is 2.19. The summed E-state index contributed by atoms with van der Waals surface area (Å²) in [6, 6.07) is 10.2. The second-order valence-corrected chi connectivity index (χ2v) is 5.96. The van der Waals surface area contributed by atoms with Crippen LogP contribution in [0.1, 0.15) is 12.1 Å². The summed E-state index contributed by atoms with van der Waals surface area (Å²) in [5.41, 5.74) is 4.37. The molecule has 1 aliphatic rings. The topological polar surface area (TPSA) is 45.5 Å². The van der Waals surface area contributed by atoms with E-state index in [1.54, 1.807) is 6.20 Å². The molecule has 0 aromatic carbocycles. The Kier molecular flexibility index (Phi) is 4.05. The summed E-state index contributed by atoms with van der Waals surface area (Å²) in [5.74, 6) is 0. The second kappa shape index (κ2) is 6.48. The normalized spacial score (nSPS) is 16.5. The zero-order valence-corrected chi connectivity index (χ0v) is 13.2. The van der Waals surface area contributed by atoms with Gasteiger partial charge >= 0.3 is 0 Å². The van der Waals surface area contributed by atoms with Crippen molar-refractivity contribution in [1.82, 2.24) is 24.6 Å². The van der Waals surface area contributed by atoms with Gasteiger partial charge in [-0.25, -0.2) is 4.98 Å². The zero-order valence-electron chi connectivity index (χ0n) is 13.2. The van der Waals surface area contributed by atoms with Gasteiger partial charge in [0.2, 0.25) is 0 Å². The number of fused-ring (bicyclic) bond motifs is 1. The highest BCUT2D eigenvalue weighted by Gasteiger charge is 2.17. The molecule has 4 heterocycles. The van der Waals surface area contributed by atoms with E-state index in [1.807, 2.05) is 18.3 Å². The Morgan fingerprint density at radius 2 is 2.09 bits per heavy atom. The summed E-state index contributed by atoms with van der Waals surface area (Å²) in [6.45, 7) is 5.28. The molecule has 0 amide bonds. The number of hydrogen-bond donors (Lipinski definition) is 1. The molecular formula is C18H21N5. The highest BCUT2D eigenvalue weighted by atomic mass is 15.2. The number of aromatic nitrogens is 3. The van der Waals surface area contributed by atoms with E-state index in [2.05, 4.69) is 44.0 Å². The van der Waals surface area contributed by atoms with Gasteiger partial charge in [-0.05, 0) is 43.8 Å². The average Bonchev–Trinajstić information content (AvgIpc) is 2.78. The van der Waals surface area contributed by atoms with Crippen molar-refractivity contribution in [1.29, 1.82) is 0 Å². The summed E-state index contributed by atoms with van der Waals surface area (Å²) >= 11 is 0. The predicted molar refractivity (Wildman–Crippen MR) is 91.2 cm³/mol. The van der Waals surface area contributed by atoms with E-state index in [0.29, 0.717) is 0 Å². The molecule has 5 nitrogen and oxygen atoms in total. The molecule has 0 unspecified atom stereocenters. The van der Waals surface area contributed by atoms with E-state index in [9.17, 15) is 0 Å². The lowest BCUT2D eigenvalue weighted by Crippen LogP contribution is -2.28. The van der Waals surface area contributed by atoms with E-state index >= 15 is 0 Å². The first-order chi connectivity index (χ1) is 11.4. The molecule has 23 heavy (non-hydrogen) atoms. The first-order valence-corrected chi connectivity index (χ1v) is 8.21. The fourth-order valence-corrected chi connectivity index (χ4v) is 3.20. The summed E-state index contributed by atoms with van der Waals surface area (Å²) in [6.07, 6.45) is 7.00.